The average molecular weight is 209 g/mol. The van der Waals surface area contributed by atoms with Gasteiger partial charge < -0.3 is 10.4 Å². The second kappa shape index (κ2) is 4.29. The van der Waals surface area contributed by atoms with Crippen LogP contribution in [0.4, 0.5) is 4.39 Å². The minimum Gasteiger partial charge on any atom is -0.392 e. The normalized spacial score (nSPS) is 21.4. The Morgan fingerprint density at radius 3 is 3.13 bits per heavy atom. The molecule has 0 aliphatic heterocycles. The lowest BCUT2D eigenvalue weighted by molar-refractivity contribution is 0.186. The van der Waals surface area contributed by atoms with Crippen LogP contribution in [0.3, 0.4) is 0 Å². The highest BCUT2D eigenvalue weighted by Crippen LogP contribution is 2.31. The molecule has 0 saturated heterocycles. The number of rotatable bonds is 3. The Labute approximate surface area is 89.1 Å². The first-order chi connectivity index (χ1) is 7.16. The van der Waals surface area contributed by atoms with Gasteiger partial charge in [0.25, 0.3) is 0 Å². The maximum Gasteiger partial charge on any atom is 0.123 e. The van der Waals surface area contributed by atoms with E-state index < -0.39 is 0 Å². The minimum atomic E-state index is -0.359. The van der Waals surface area contributed by atoms with Crippen LogP contribution in [0.15, 0.2) is 18.2 Å². The summed E-state index contributed by atoms with van der Waals surface area (Å²) in [6.45, 7) is 2.30. The van der Waals surface area contributed by atoms with Crippen LogP contribution in [-0.4, -0.2) is 17.8 Å². The fourth-order valence-corrected chi connectivity index (χ4v) is 2.10. The number of aliphatic hydroxyl groups excluding tert-OH is 1. The molecule has 2 rings (SSSR count). The van der Waals surface area contributed by atoms with Crippen molar-refractivity contribution in [2.24, 2.45) is 0 Å². The summed E-state index contributed by atoms with van der Waals surface area (Å²) in [6.07, 6.45) is 1.63. The fourth-order valence-electron chi connectivity index (χ4n) is 2.10. The molecule has 1 aliphatic carbocycles. The van der Waals surface area contributed by atoms with Gasteiger partial charge in [-0.3, -0.25) is 0 Å². The molecule has 0 spiro atoms. The fraction of sp³-hybridized carbons (Fsp3) is 0.500. The van der Waals surface area contributed by atoms with E-state index >= 15 is 0 Å². The van der Waals surface area contributed by atoms with Gasteiger partial charge in [0.1, 0.15) is 5.82 Å². The second-order valence-electron chi connectivity index (χ2n) is 4.19. The molecule has 1 aliphatic rings. The number of benzene rings is 1. The van der Waals surface area contributed by atoms with Crippen molar-refractivity contribution in [2.75, 3.05) is 6.54 Å². The van der Waals surface area contributed by atoms with Crippen molar-refractivity contribution in [3.05, 3.63) is 35.1 Å². The molecule has 0 saturated carbocycles. The summed E-state index contributed by atoms with van der Waals surface area (Å²) in [7, 11) is 0. The summed E-state index contributed by atoms with van der Waals surface area (Å²) in [5.41, 5.74) is 2.27. The van der Waals surface area contributed by atoms with Gasteiger partial charge in [-0.1, -0.05) is 6.07 Å². The van der Waals surface area contributed by atoms with Crippen molar-refractivity contribution in [1.29, 1.82) is 0 Å². The molecule has 0 radical (unpaired) electrons. The summed E-state index contributed by atoms with van der Waals surface area (Å²) < 4.78 is 13.1. The molecule has 0 heterocycles. The van der Waals surface area contributed by atoms with Crippen LogP contribution in [0.5, 0.6) is 0 Å². The van der Waals surface area contributed by atoms with Gasteiger partial charge in [-0.25, -0.2) is 4.39 Å². The molecule has 0 bridgehead atoms. The molecule has 2 atom stereocenters. The standard InChI is InChI=1S/C12H16FNO/c1-8(15)7-14-12-5-3-9-2-4-10(13)6-11(9)12/h2,4,6,8,12,14-15H,3,5,7H2,1H3/t8-,12?/m0/s1. The van der Waals surface area contributed by atoms with E-state index in [4.69, 9.17) is 0 Å². The number of hydrogen-bond donors (Lipinski definition) is 2. The lowest BCUT2D eigenvalue weighted by Gasteiger charge is -2.15. The monoisotopic (exact) mass is 209 g/mol. The third-order valence-corrected chi connectivity index (χ3v) is 2.85. The lowest BCUT2D eigenvalue weighted by atomic mass is 10.1. The Hall–Kier alpha value is -0.930. The van der Waals surface area contributed by atoms with E-state index in [0.29, 0.717) is 6.54 Å². The van der Waals surface area contributed by atoms with Crippen LogP contribution in [0.1, 0.15) is 30.5 Å². The van der Waals surface area contributed by atoms with Gasteiger partial charge in [-0.2, -0.15) is 0 Å². The first-order valence-corrected chi connectivity index (χ1v) is 5.36. The second-order valence-corrected chi connectivity index (χ2v) is 4.19. The van der Waals surface area contributed by atoms with Crippen LogP contribution in [-0.2, 0) is 6.42 Å². The third kappa shape index (κ3) is 2.36. The number of hydrogen-bond acceptors (Lipinski definition) is 2. The van der Waals surface area contributed by atoms with Gasteiger partial charge in [0.05, 0.1) is 6.10 Å². The van der Waals surface area contributed by atoms with E-state index in [1.807, 2.05) is 6.07 Å². The maximum atomic E-state index is 13.1. The molecule has 0 fully saturated rings. The van der Waals surface area contributed by atoms with Crippen LogP contribution in [0.25, 0.3) is 0 Å². The first-order valence-electron chi connectivity index (χ1n) is 5.36. The highest BCUT2D eigenvalue weighted by molar-refractivity contribution is 5.34. The molecule has 1 unspecified atom stereocenters. The summed E-state index contributed by atoms with van der Waals surface area (Å²) >= 11 is 0. The SMILES string of the molecule is C[C@H](O)CNC1CCc2ccc(F)cc21. The molecule has 2 N–H and O–H groups in total. The predicted octanol–water partition coefficient (Wildman–Crippen LogP) is 1.78. The Kier molecular flexibility index (Phi) is 3.03. The molecule has 3 heteroatoms. The van der Waals surface area contributed by atoms with Crippen LogP contribution in [0, 0.1) is 5.82 Å². The van der Waals surface area contributed by atoms with Gasteiger partial charge in [0.15, 0.2) is 0 Å². The van der Waals surface area contributed by atoms with Gasteiger partial charge >= 0.3 is 0 Å². The average Bonchev–Trinajstić information content (AvgIpc) is 2.57. The largest absolute Gasteiger partial charge is 0.392 e. The highest BCUT2D eigenvalue weighted by Gasteiger charge is 2.22. The smallest absolute Gasteiger partial charge is 0.123 e. The molecular weight excluding hydrogens is 193 g/mol. The van der Waals surface area contributed by atoms with Gasteiger partial charge in [-0.05, 0) is 43.0 Å². The van der Waals surface area contributed by atoms with E-state index in [1.54, 1.807) is 13.0 Å². The zero-order valence-corrected chi connectivity index (χ0v) is 8.83. The molecule has 0 aromatic heterocycles. The van der Waals surface area contributed by atoms with Gasteiger partial charge in [0.2, 0.25) is 0 Å². The van der Waals surface area contributed by atoms with E-state index in [1.165, 1.54) is 11.6 Å². The number of aryl methyl sites for hydroxylation is 1. The lowest BCUT2D eigenvalue weighted by Crippen LogP contribution is -2.27. The maximum absolute atomic E-state index is 13.1. The number of nitrogens with one attached hydrogen (secondary N) is 1. The Morgan fingerprint density at radius 1 is 1.60 bits per heavy atom. The van der Waals surface area contributed by atoms with Crippen molar-refractivity contribution < 1.29 is 9.50 Å². The number of halogens is 1. The molecule has 0 amide bonds. The zero-order valence-electron chi connectivity index (χ0n) is 8.83. The molecule has 2 nitrogen and oxygen atoms in total. The summed E-state index contributed by atoms with van der Waals surface area (Å²) in [5, 5.41) is 12.4. The predicted molar refractivity (Wildman–Crippen MR) is 57.1 cm³/mol. The Balaban J connectivity index is 2.10. The molecular formula is C12H16FNO. The van der Waals surface area contributed by atoms with Crippen molar-refractivity contribution in [1.82, 2.24) is 5.32 Å². The van der Waals surface area contributed by atoms with Gasteiger partial charge in [-0.15, -0.1) is 0 Å². The third-order valence-electron chi connectivity index (χ3n) is 2.85. The van der Waals surface area contributed by atoms with Crippen molar-refractivity contribution in [2.45, 2.75) is 31.9 Å². The van der Waals surface area contributed by atoms with Crippen molar-refractivity contribution in [3.63, 3.8) is 0 Å². The van der Waals surface area contributed by atoms with Crippen LogP contribution >= 0.6 is 0 Å². The Bertz CT molecular complexity index is 351. The number of fused-ring (bicyclic) bond motifs is 1. The first kappa shape index (κ1) is 10.6. The van der Waals surface area contributed by atoms with E-state index in [2.05, 4.69) is 5.32 Å². The highest BCUT2D eigenvalue weighted by atomic mass is 19.1. The number of aliphatic hydroxyl groups is 1. The minimum absolute atomic E-state index is 0.181. The topological polar surface area (TPSA) is 32.3 Å². The summed E-state index contributed by atoms with van der Waals surface area (Å²) in [5.74, 6) is -0.181. The van der Waals surface area contributed by atoms with Crippen molar-refractivity contribution in [3.8, 4) is 0 Å². The van der Waals surface area contributed by atoms with Gasteiger partial charge in [0, 0.05) is 12.6 Å². The molecule has 15 heavy (non-hydrogen) atoms. The molecule has 1 aromatic rings. The van der Waals surface area contributed by atoms with Crippen molar-refractivity contribution >= 4 is 0 Å². The van der Waals surface area contributed by atoms with Crippen LogP contribution in [0.2, 0.25) is 0 Å². The van der Waals surface area contributed by atoms with Crippen LogP contribution < -0.4 is 5.32 Å². The zero-order chi connectivity index (χ0) is 10.8. The quantitative estimate of drug-likeness (QED) is 0.795. The van der Waals surface area contributed by atoms with E-state index in [0.717, 1.165) is 18.4 Å². The molecule has 82 valence electrons. The van der Waals surface area contributed by atoms with E-state index in [-0.39, 0.29) is 18.0 Å². The Morgan fingerprint density at radius 2 is 2.40 bits per heavy atom. The molecule has 1 aromatic carbocycles. The summed E-state index contributed by atoms with van der Waals surface area (Å²) in [6, 6.07) is 5.16. The van der Waals surface area contributed by atoms with E-state index in [9.17, 15) is 9.50 Å². The summed E-state index contributed by atoms with van der Waals surface area (Å²) in [4.78, 5) is 0.